The molecule has 2 N–H and O–H groups in total. The molecule has 0 amide bonds. The Morgan fingerprint density at radius 2 is 2.04 bits per heavy atom. The van der Waals surface area contributed by atoms with Gasteiger partial charge in [0, 0.05) is 25.4 Å². The maximum atomic E-state index is 13.2. The largest absolute Gasteiger partial charge is 0.489 e. The van der Waals surface area contributed by atoms with Gasteiger partial charge in [-0.3, -0.25) is 0 Å². The lowest BCUT2D eigenvalue weighted by molar-refractivity contribution is 0.154. The van der Waals surface area contributed by atoms with Crippen molar-refractivity contribution in [2.75, 3.05) is 44.9 Å². The highest BCUT2D eigenvalue weighted by atomic mass is 127. The second-order valence-corrected chi connectivity index (χ2v) is 8.03. The highest BCUT2D eigenvalue weighted by molar-refractivity contribution is 14.0. The van der Waals surface area contributed by atoms with Crippen LogP contribution in [0.3, 0.4) is 0 Å². The predicted octanol–water partition coefficient (Wildman–Crippen LogP) is 1.83. The highest BCUT2D eigenvalue weighted by Crippen LogP contribution is 2.13. The third-order valence-electron chi connectivity index (χ3n) is 3.12. The van der Waals surface area contributed by atoms with Gasteiger partial charge in [0.15, 0.2) is 5.96 Å². The molecule has 0 spiro atoms. The van der Waals surface area contributed by atoms with Crippen molar-refractivity contribution in [2.45, 2.75) is 20.0 Å². The summed E-state index contributed by atoms with van der Waals surface area (Å²) in [5, 5.41) is 6.19. The molecular formula is C17H29FIN3O4S. The Morgan fingerprint density at radius 1 is 1.30 bits per heavy atom. The third kappa shape index (κ3) is 13.6. The molecule has 156 valence electrons. The van der Waals surface area contributed by atoms with Crippen molar-refractivity contribution in [2.24, 2.45) is 4.99 Å². The van der Waals surface area contributed by atoms with Crippen LogP contribution < -0.4 is 15.4 Å². The number of nitrogens with zero attached hydrogens (tertiary/aromatic N) is 1. The van der Waals surface area contributed by atoms with Gasteiger partial charge < -0.3 is 20.1 Å². The van der Waals surface area contributed by atoms with E-state index in [1.165, 1.54) is 18.4 Å². The highest BCUT2D eigenvalue weighted by Gasteiger charge is 2.06. The van der Waals surface area contributed by atoms with E-state index in [0.717, 1.165) is 0 Å². The van der Waals surface area contributed by atoms with Crippen LogP contribution in [0.1, 0.15) is 13.8 Å². The van der Waals surface area contributed by atoms with Crippen LogP contribution in [0.25, 0.3) is 0 Å². The molecule has 1 aromatic rings. The second kappa shape index (κ2) is 13.9. The van der Waals surface area contributed by atoms with E-state index in [0.29, 0.717) is 38.0 Å². The number of hydrogen-bond acceptors (Lipinski definition) is 5. The van der Waals surface area contributed by atoms with Crippen LogP contribution >= 0.6 is 24.0 Å². The number of nitrogens with one attached hydrogen (secondary N) is 2. The molecule has 0 aliphatic heterocycles. The zero-order chi connectivity index (χ0) is 19.4. The Morgan fingerprint density at radius 3 is 2.67 bits per heavy atom. The van der Waals surface area contributed by atoms with Crippen LogP contribution in [0, 0.1) is 5.82 Å². The molecule has 0 saturated heterocycles. The van der Waals surface area contributed by atoms with Gasteiger partial charge in [0.05, 0.1) is 25.5 Å². The smallest absolute Gasteiger partial charge is 0.191 e. The van der Waals surface area contributed by atoms with Crippen LogP contribution in [-0.4, -0.2) is 65.3 Å². The van der Waals surface area contributed by atoms with Gasteiger partial charge in [-0.05, 0) is 26.0 Å². The first kappa shape index (κ1) is 25.9. The molecule has 0 radical (unpaired) electrons. The number of hydrogen-bond donors (Lipinski definition) is 2. The van der Waals surface area contributed by atoms with E-state index >= 15 is 0 Å². The van der Waals surface area contributed by atoms with Crippen LogP contribution in [0.4, 0.5) is 4.39 Å². The normalized spacial score (nSPS) is 12.8. The summed E-state index contributed by atoms with van der Waals surface area (Å²) in [6.45, 7) is 5.93. The van der Waals surface area contributed by atoms with E-state index < -0.39 is 9.84 Å². The fourth-order valence-corrected chi connectivity index (χ4v) is 2.35. The van der Waals surface area contributed by atoms with Crippen molar-refractivity contribution in [1.29, 1.82) is 0 Å². The lowest BCUT2D eigenvalue weighted by Crippen LogP contribution is -2.39. The number of rotatable bonds is 11. The maximum absolute atomic E-state index is 13.2. The van der Waals surface area contributed by atoms with Gasteiger partial charge in [-0.1, -0.05) is 6.07 Å². The quantitative estimate of drug-likeness (QED) is 0.202. The fourth-order valence-electron chi connectivity index (χ4n) is 1.93. The third-order valence-corrected chi connectivity index (χ3v) is 4.03. The standard InChI is InChI=1S/C17H28FN3O4S.HI/c1-4-19-17(20-8-9-24-10-11-26(3,22)23)21-13-14(2)25-16-7-5-6-15(18)12-16;/h5-7,12,14H,4,8-11,13H2,1-3H3,(H2,19,20,21);1H. The van der Waals surface area contributed by atoms with E-state index in [-0.39, 0.29) is 48.3 Å². The van der Waals surface area contributed by atoms with Crippen LogP contribution in [0.5, 0.6) is 5.75 Å². The van der Waals surface area contributed by atoms with Crippen molar-refractivity contribution in [1.82, 2.24) is 10.6 Å². The molecule has 1 rings (SSSR count). The Labute approximate surface area is 178 Å². The zero-order valence-corrected chi connectivity index (χ0v) is 19.1. The van der Waals surface area contributed by atoms with Gasteiger partial charge >= 0.3 is 0 Å². The molecule has 1 aromatic carbocycles. The Kier molecular flexibility index (Phi) is 13.4. The number of benzene rings is 1. The Balaban J connectivity index is 0.00000676. The van der Waals surface area contributed by atoms with Crippen LogP contribution in [0.15, 0.2) is 29.3 Å². The van der Waals surface area contributed by atoms with Crippen molar-refractivity contribution in [3.63, 3.8) is 0 Å². The molecule has 7 nitrogen and oxygen atoms in total. The molecular weight excluding hydrogens is 488 g/mol. The van der Waals surface area contributed by atoms with Crippen molar-refractivity contribution >= 4 is 39.8 Å². The van der Waals surface area contributed by atoms with Crippen molar-refractivity contribution in [3.05, 3.63) is 30.1 Å². The van der Waals surface area contributed by atoms with Crippen molar-refractivity contribution in [3.8, 4) is 5.75 Å². The molecule has 0 bridgehead atoms. The Bertz CT molecular complexity index is 674. The summed E-state index contributed by atoms with van der Waals surface area (Å²) < 4.78 is 46.0. The minimum absolute atomic E-state index is 0. The molecule has 0 saturated carbocycles. The summed E-state index contributed by atoms with van der Waals surface area (Å²) in [6, 6.07) is 5.98. The lowest BCUT2D eigenvalue weighted by Gasteiger charge is -2.15. The van der Waals surface area contributed by atoms with Gasteiger partial charge in [0.1, 0.15) is 27.5 Å². The van der Waals surface area contributed by atoms with Crippen LogP contribution in [0.2, 0.25) is 0 Å². The average molecular weight is 517 g/mol. The average Bonchev–Trinajstić information content (AvgIpc) is 2.54. The molecule has 1 unspecified atom stereocenters. The fraction of sp³-hybridized carbons (Fsp3) is 0.588. The lowest BCUT2D eigenvalue weighted by atomic mass is 10.3. The first-order valence-electron chi connectivity index (χ1n) is 8.50. The number of aliphatic imine (C=N–C) groups is 1. The van der Waals surface area contributed by atoms with Crippen molar-refractivity contribution < 1.29 is 22.3 Å². The summed E-state index contributed by atoms with van der Waals surface area (Å²) in [5.41, 5.74) is 0. The minimum atomic E-state index is -3.00. The summed E-state index contributed by atoms with van der Waals surface area (Å²) in [7, 11) is -3.00. The Hall–Kier alpha value is -1.14. The number of guanidine groups is 1. The molecule has 1 atom stereocenters. The molecule has 10 heteroatoms. The van der Waals surface area contributed by atoms with Gasteiger partial charge in [-0.25, -0.2) is 17.8 Å². The topological polar surface area (TPSA) is 89.0 Å². The summed E-state index contributed by atoms with van der Waals surface area (Å²) in [4.78, 5) is 4.41. The number of halogens is 2. The van der Waals surface area contributed by atoms with E-state index in [1.54, 1.807) is 12.1 Å². The maximum Gasteiger partial charge on any atom is 0.191 e. The SMILES string of the molecule is CCNC(=NCC(C)Oc1cccc(F)c1)NCCOCCS(C)(=O)=O.I. The minimum Gasteiger partial charge on any atom is -0.489 e. The van der Waals surface area contributed by atoms with Crippen LogP contribution in [-0.2, 0) is 14.6 Å². The monoisotopic (exact) mass is 517 g/mol. The second-order valence-electron chi connectivity index (χ2n) is 5.77. The molecule has 0 aromatic heterocycles. The molecule has 27 heavy (non-hydrogen) atoms. The van der Waals surface area contributed by atoms with Gasteiger partial charge in [-0.2, -0.15) is 0 Å². The molecule has 0 fully saturated rings. The predicted molar refractivity (Wildman–Crippen MR) is 116 cm³/mol. The van der Waals surface area contributed by atoms with E-state index in [9.17, 15) is 12.8 Å². The van der Waals surface area contributed by atoms with Gasteiger partial charge in [0.2, 0.25) is 0 Å². The number of ether oxygens (including phenoxy) is 2. The van der Waals surface area contributed by atoms with E-state index in [2.05, 4.69) is 15.6 Å². The molecule has 0 aliphatic carbocycles. The summed E-state index contributed by atoms with van der Waals surface area (Å²) in [5.74, 6) is 0.735. The zero-order valence-electron chi connectivity index (χ0n) is 15.9. The molecule has 0 aliphatic rings. The first-order chi connectivity index (χ1) is 12.3. The number of sulfone groups is 1. The van der Waals surface area contributed by atoms with E-state index in [1.807, 2.05) is 13.8 Å². The first-order valence-corrected chi connectivity index (χ1v) is 10.6. The summed E-state index contributed by atoms with van der Waals surface area (Å²) in [6.07, 6.45) is 0.954. The molecule has 0 heterocycles. The van der Waals surface area contributed by atoms with Gasteiger partial charge in [-0.15, -0.1) is 24.0 Å². The summed E-state index contributed by atoms with van der Waals surface area (Å²) >= 11 is 0. The van der Waals surface area contributed by atoms with E-state index in [4.69, 9.17) is 9.47 Å². The van der Waals surface area contributed by atoms with Gasteiger partial charge in [0.25, 0.3) is 0 Å².